The Hall–Kier alpha value is -1.35. The lowest BCUT2D eigenvalue weighted by Crippen LogP contribution is -2.38. The van der Waals surface area contributed by atoms with Crippen LogP contribution >= 0.6 is 0 Å². The van der Waals surface area contributed by atoms with Crippen molar-refractivity contribution in [1.29, 1.82) is 0 Å². The van der Waals surface area contributed by atoms with E-state index in [4.69, 9.17) is 4.74 Å². The second kappa shape index (κ2) is 4.24. The average molecular weight is 193 g/mol. The van der Waals surface area contributed by atoms with Crippen LogP contribution in [0.5, 0.6) is 0 Å². The van der Waals surface area contributed by atoms with Crippen molar-refractivity contribution in [3.63, 3.8) is 0 Å². The average Bonchev–Trinajstić information content (AvgIpc) is 2.19. The van der Waals surface area contributed by atoms with E-state index < -0.39 is 5.60 Å². The standard InChI is InChI=1S/C11H15NO2/c1-11(2,14-3)10(13)12-9-7-5-4-6-8-9/h4-8H,1-3H3,(H,12,13). The molecule has 0 unspecified atom stereocenters. The fraction of sp³-hybridized carbons (Fsp3) is 0.364. The Morgan fingerprint density at radius 2 is 1.86 bits per heavy atom. The van der Waals surface area contributed by atoms with E-state index in [1.807, 2.05) is 30.3 Å². The topological polar surface area (TPSA) is 38.3 Å². The number of ether oxygens (including phenoxy) is 1. The van der Waals surface area contributed by atoms with Crippen LogP contribution in [0.1, 0.15) is 13.8 Å². The van der Waals surface area contributed by atoms with Crippen LogP contribution in [0.2, 0.25) is 0 Å². The molecule has 0 saturated heterocycles. The minimum atomic E-state index is -0.796. The van der Waals surface area contributed by atoms with Crippen LogP contribution in [0, 0.1) is 0 Å². The van der Waals surface area contributed by atoms with Gasteiger partial charge in [-0.05, 0) is 26.0 Å². The van der Waals surface area contributed by atoms with Crippen molar-refractivity contribution in [3.8, 4) is 0 Å². The molecule has 0 spiro atoms. The van der Waals surface area contributed by atoms with Gasteiger partial charge in [-0.15, -0.1) is 0 Å². The third kappa shape index (κ3) is 2.57. The van der Waals surface area contributed by atoms with Crippen molar-refractivity contribution in [2.75, 3.05) is 12.4 Å². The number of carbonyl (C=O) groups is 1. The minimum Gasteiger partial charge on any atom is -0.369 e. The predicted octanol–water partition coefficient (Wildman–Crippen LogP) is 2.05. The normalized spacial score (nSPS) is 11.1. The van der Waals surface area contributed by atoms with Crippen LogP contribution in [0.25, 0.3) is 0 Å². The van der Waals surface area contributed by atoms with Crippen LogP contribution in [0.15, 0.2) is 30.3 Å². The van der Waals surface area contributed by atoms with Gasteiger partial charge in [0.1, 0.15) is 5.60 Å². The summed E-state index contributed by atoms with van der Waals surface area (Å²) in [6.07, 6.45) is 0. The molecule has 0 radical (unpaired) electrons. The van der Waals surface area contributed by atoms with Crippen LogP contribution in [0.3, 0.4) is 0 Å². The molecule has 1 amide bonds. The molecule has 0 saturated carbocycles. The molecule has 0 heterocycles. The van der Waals surface area contributed by atoms with E-state index in [-0.39, 0.29) is 5.91 Å². The fourth-order valence-corrected chi connectivity index (χ4v) is 0.896. The summed E-state index contributed by atoms with van der Waals surface area (Å²) in [6, 6.07) is 9.31. The summed E-state index contributed by atoms with van der Waals surface area (Å²) < 4.78 is 5.06. The zero-order chi connectivity index (χ0) is 10.6. The highest BCUT2D eigenvalue weighted by Crippen LogP contribution is 2.12. The van der Waals surface area contributed by atoms with Gasteiger partial charge in [-0.25, -0.2) is 0 Å². The Balaban J connectivity index is 2.67. The highest BCUT2D eigenvalue weighted by atomic mass is 16.5. The number of carbonyl (C=O) groups excluding carboxylic acids is 1. The SMILES string of the molecule is COC(C)(C)C(=O)Nc1ccccc1. The van der Waals surface area contributed by atoms with Gasteiger partial charge in [-0.3, -0.25) is 4.79 Å². The van der Waals surface area contributed by atoms with Gasteiger partial charge in [0, 0.05) is 12.8 Å². The predicted molar refractivity (Wildman–Crippen MR) is 56.2 cm³/mol. The van der Waals surface area contributed by atoms with Gasteiger partial charge in [-0.1, -0.05) is 18.2 Å². The van der Waals surface area contributed by atoms with Gasteiger partial charge in [0.2, 0.25) is 0 Å². The lowest BCUT2D eigenvalue weighted by Gasteiger charge is -2.21. The Morgan fingerprint density at radius 3 is 2.36 bits per heavy atom. The number of amides is 1. The summed E-state index contributed by atoms with van der Waals surface area (Å²) in [4.78, 5) is 11.6. The molecule has 0 aromatic heterocycles. The largest absolute Gasteiger partial charge is 0.369 e. The second-order valence-electron chi connectivity index (χ2n) is 3.53. The molecule has 0 aliphatic rings. The number of para-hydroxylation sites is 1. The van der Waals surface area contributed by atoms with E-state index in [0.717, 1.165) is 5.69 Å². The third-order valence-corrected chi connectivity index (χ3v) is 2.09. The number of methoxy groups -OCH3 is 1. The summed E-state index contributed by atoms with van der Waals surface area (Å²) in [6.45, 7) is 3.45. The third-order valence-electron chi connectivity index (χ3n) is 2.09. The molecular weight excluding hydrogens is 178 g/mol. The number of hydrogen-bond donors (Lipinski definition) is 1. The van der Waals surface area contributed by atoms with Crippen LogP contribution in [0.4, 0.5) is 5.69 Å². The van der Waals surface area contributed by atoms with E-state index >= 15 is 0 Å². The smallest absolute Gasteiger partial charge is 0.256 e. The molecule has 3 heteroatoms. The molecule has 1 aromatic carbocycles. The summed E-state index contributed by atoms with van der Waals surface area (Å²) >= 11 is 0. The molecule has 0 fully saturated rings. The van der Waals surface area contributed by atoms with E-state index in [1.165, 1.54) is 7.11 Å². The molecule has 1 rings (SSSR count). The van der Waals surface area contributed by atoms with Gasteiger partial charge < -0.3 is 10.1 Å². The molecule has 0 bridgehead atoms. The molecular formula is C11H15NO2. The van der Waals surface area contributed by atoms with Crippen LogP contribution < -0.4 is 5.32 Å². The Kier molecular flexibility index (Phi) is 3.25. The van der Waals surface area contributed by atoms with E-state index in [2.05, 4.69) is 5.32 Å². The number of hydrogen-bond acceptors (Lipinski definition) is 2. The summed E-state index contributed by atoms with van der Waals surface area (Å²) in [5.41, 5.74) is -0.0156. The first-order valence-corrected chi connectivity index (χ1v) is 4.48. The number of anilines is 1. The van der Waals surface area contributed by atoms with Gasteiger partial charge in [-0.2, -0.15) is 0 Å². The molecule has 1 aromatic rings. The van der Waals surface area contributed by atoms with Crippen LogP contribution in [-0.4, -0.2) is 18.6 Å². The molecule has 76 valence electrons. The first kappa shape index (κ1) is 10.7. The first-order valence-electron chi connectivity index (χ1n) is 4.48. The molecule has 3 nitrogen and oxygen atoms in total. The van der Waals surface area contributed by atoms with Crippen molar-refractivity contribution < 1.29 is 9.53 Å². The molecule has 0 aliphatic carbocycles. The number of rotatable bonds is 3. The van der Waals surface area contributed by atoms with E-state index in [0.29, 0.717) is 0 Å². The quantitative estimate of drug-likeness (QED) is 0.797. The Bertz CT molecular complexity index is 306. The van der Waals surface area contributed by atoms with E-state index in [9.17, 15) is 4.79 Å². The minimum absolute atomic E-state index is 0.147. The molecule has 1 N–H and O–H groups in total. The summed E-state index contributed by atoms with van der Waals surface area (Å²) in [5.74, 6) is -0.147. The summed E-state index contributed by atoms with van der Waals surface area (Å²) in [5, 5.41) is 2.77. The molecule has 0 aliphatic heterocycles. The lowest BCUT2D eigenvalue weighted by atomic mass is 10.1. The zero-order valence-corrected chi connectivity index (χ0v) is 8.70. The van der Waals surface area contributed by atoms with Crippen LogP contribution in [-0.2, 0) is 9.53 Å². The van der Waals surface area contributed by atoms with Gasteiger partial charge in [0.15, 0.2) is 0 Å². The van der Waals surface area contributed by atoms with Crippen molar-refractivity contribution in [2.24, 2.45) is 0 Å². The lowest BCUT2D eigenvalue weighted by molar-refractivity contribution is -0.133. The van der Waals surface area contributed by atoms with Gasteiger partial charge >= 0.3 is 0 Å². The zero-order valence-electron chi connectivity index (χ0n) is 8.70. The van der Waals surface area contributed by atoms with Crippen molar-refractivity contribution in [1.82, 2.24) is 0 Å². The molecule has 14 heavy (non-hydrogen) atoms. The van der Waals surface area contributed by atoms with Crippen molar-refractivity contribution in [2.45, 2.75) is 19.4 Å². The first-order chi connectivity index (χ1) is 6.56. The van der Waals surface area contributed by atoms with Crippen molar-refractivity contribution in [3.05, 3.63) is 30.3 Å². The van der Waals surface area contributed by atoms with E-state index in [1.54, 1.807) is 13.8 Å². The van der Waals surface area contributed by atoms with Gasteiger partial charge in [0.05, 0.1) is 0 Å². The highest BCUT2D eigenvalue weighted by Gasteiger charge is 2.26. The maximum atomic E-state index is 11.6. The number of nitrogens with one attached hydrogen (secondary N) is 1. The van der Waals surface area contributed by atoms with Gasteiger partial charge in [0.25, 0.3) is 5.91 Å². The maximum Gasteiger partial charge on any atom is 0.256 e. The highest BCUT2D eigenvalue weighted by molar-refractivity contribution is 5.96. The Morgan fingerprint density at radius 1 is 1.29 bits per heavy atom. The monoisotopic (exact) mass is 193 g/mol. The Labute approximate surface area is 84.1 Å². The summed E-state index contributed by atoms with van der Waals surface area (Å²) in [7, 11) is 1.52. The second-order valence-corrected chi connectivity index (χ2v) is 3.53. The molecule has 0 atom stereocenters. The number of benzene rings is 1. The fourth-order valence-electron chi connectivity index (χ4n) is 0.896. The maximum absolute atomic E-state index is 11.6. The van der Waals surface area contributed by atoms with Crippen molar-refractivity contribution >= 4 is 11.6 Å².